The first-order chi connectivity index (χ1) is 19.3. The fourth-order valence-electron chi connectivity index (χ4n) is 4.08. The molecule has 0 aromatic rings. The highest BCUT2D eigenvalue weighted by Crippen LogP contribution is 2.62. The topological polar surface area (TPSA) is 83.1 Å². The van der Waals surface area contributed by atoms with Crippen LogP contribution in [0.2, 0.25) is 11.2 Å². The number of hydrogen-bond acceptors (Lipinski definition) is 9. The first kappa shape index (κ1) is 42.5. The third-order valence-corrected chi connectivity index (χ3v) is 17.2. The van der Waals surface area contributed by atoms with Crippen molar-refractivity contribution in [3.63, 3.8) is 0 Å². The molecule has 0 amide bonds. The first-order valence-corrected chi connectivity index (χ1v) is 17.1. The van der Waals surface area contributed by atoms with Crippen LogP contribution in [-0.2, 0) is 39.8 Å². The van der Waals surface area contributed by atoms with Gasteiger partial charge in [0.25, 0.3) is 0 Å². The molecule has 0 aliphatic rings. The first-order valence-electron chi connectivity index (χ1n) is 11.6. The summed E-state index contributed by atoms with van der Waals surface area (Å²) in [6.07, 6.45) is -5.11. The highest BCUT2D eigenvalue weighted by molar-refractivity contribution is 6.82. The number of hydrogen-bond donors (Lipinski definition) is 0. The molecule has 0 fully saturated rings. The largest absolute Gasteiger partial charge is 0.508 e. The fraction of sp³-hybridized carbons (Fsp3) is 1.00. The average Bonchev–Trinajstić information content (AvgIpc) is 2.95. The van der Waals surface area contributed by atoms with Gasteiger partial charge in [-0.2, -0.15) is 52.7 Å². The molecule has 0 aromatic carbocycles. The Morgan fingerprint density at radius 2 is 0.698 bits per heavy atom. The van der Waals surface area contributed by atoms with Crippen LogP contribution in [-0.4, -0.2) is 126 Å². The molecule has 0 aliphatic heterocycles. The van der Waals surface area contributed by atoms with Crippen LogP contribution in [0.3, 0.4) is 0 Å². The van der Waals surface area contributed by atoms with Crippen LogP contribution in [0.15, 0.2) is 0 Å². The summed E-state index contributed by atoms with van der Waals surface area (Å²) in [7, 11) is -6.92. The van der Waals surface area contributed by atoms with E-state index in [1.54, 1.807) is 0 Å². The molecule has 0 bridgehead atoms. The Balaban J connectivity index is 6.97. The molecule has 0 N–H and O–H groups in total. The van der Waals surface area contributed by atoms with Crippen LogP contribution in [0.5, 0.6) is 0 Å². The lowest BCUT2D eigenvalue weighted by Gasteiger charge is -2.44. The zero-order valence-electron chi connectivity index (χ0n) is 24.4. The molecule has 0 atom stereocenters. The molecule has 0 aromatic heterocycles. The highest BCUT2D eigenvalue weighted by Gasteiger charge is 2.90. The van der Waals surface area contributed by atoms with E-state index in [4.69, 9.17) is 26.6 Å². The van der Waals surface area contributed by atoms with Crippen molar-refractivity contribution in [2.45, 2.75) is 59.6 Å². The Morgan fingerprint density at radius 1 is 0.419 bits per heavy atom. The number of halogens is 12. The minimum Gasteiger partial charge on any atom is -0.377 e. The molecule has 0 spiro atoms. The zero-order valence-corrected chi connectivity index (χ0v) is 27.4. The molecule has 0 saturated carbocycles. The van der Waals surface area contributed by atoms with Crippen LogP contribution >= 0.6 is 0 Å². The molecule has 0 radical (unpaired) electrons. The minimum atomic E-state index is -7.83. The van der Waals surface area contributed by atoms with Crippen LogP contribution in [0.25, 0.3) is 0 Å². The second kappa shape index (κ2) is 14.5. The molecule has 0 heterocycles. The molecule has 43 heavy (non-hydrogen) atoms. The summed E-state index contributed by atoms with van der Waals surface area (Å²) in [5, 5.41) is -2.50. The Morgan fingerprint density at radius 3 is 0.953 bits per heavy atom. The van der Waals surface area contributed by atoms with Crippen molar-refractivity contribution in [1.82, 2.24) is 0 Å². The van der Waals surface area contributed by atoms with Gasteiger partial charge in [-0.25, -0.2) is 0 Å². The van der Waals surface area contributed by atoms with Gasteiger partial charge in [0.1, 0.15) is 5.16 Å². The van der Waals surface area contributed by atoms with E-state index in [1.807, 2.05) is 0 Å². The zero-order chi connectivity index (χ0) is 34.6. The van der Waals surface area contributed by atoms with Gasteiger partial charge >= 0.3 is 61.9 Å². The van der Waals surface area contributed by atoms with Crippen LogP contribution in [0.1, 0.15) is 12.8 Å². The van der Waals surface area contributed by atoms with E-state index in [2.05, 4.69) is 13.3 Å². The molecule has 0 saturated heterocycles. The average molecular weight is 719 g/mol. The van der Waals surface area contributed by atoms with Crippen LogP contribution < -0.4 is 0 Å². The van der Waals surface area contributed by atoms with Gasteiger partial charge < -0.3 is 39.8 Å². The normalized spacial score (nSPS) is 15.5. The van der Waals surface area contributed by atoms with E-state index in [0.717, 1.165) is 64.0 Å². The molecular formula is C19H34F12O9Si3. The lowest BCUT2D eigenvalue weighted by Crippen LogP contribution is -2.71. The lowest BCUT2D eigenvalue weighted by atomic mass is 9.90. The maximum atomic E-state index is 15.2. The summed E-state index contributed by atoms with van der Waals surface area (Å²) in [5.74, 6) is -43.0. The molecular weight excluding hydrogens is 684 g/mol. The molecule has 9 nitrogen and oxygen atoms in total. The highest BCUT2D eigenvalue weighted by atomic mass is 28.5. The third-order valence-electron chi connectivity index (χ3n) is 6.80. The van der Waals surface area contributed by atoms with Crippen LogP contribution in [0.4, 0.5) is 52.7 Å². The molecule has 0 unspecified atom stereocenters. The van der Waals surface area contributed by atoms with Gasteiger partial charge in [-0.05, 0) is 0 Å². The summed E-state index contributed by atoms with van der Waals surface area (Å²) < 4.78 is 220. The predicted molar refractivity (Wildman–Crippen MR) is 128 cm³/mol. The molecule has 260 valence electrons. The summed E-state index contributed by atoms with van der Waals surface area (Å²) in [6.45, 7) is 0. The van der Waals surface area contributed by atoms with Crippen LogP contribution in [0, 0.1) is 0 Å². The van der Waals surface area contributed by atoms with E-state index in [9.17, 15) is 43.9 Å². The van der Waals surface area contributed by atoms with Gasteiger partial charge in [0, 0.05) is 82.9 Å². The number of alkyl halides is 12. The van der Waals surface area contributed by atoms with Crippen molar-refractivity contribution in [1.29, 1.82) is 0 Å². The van der Waals surface area contributed by atoms with E-state index in [0.29, 0.717) is 0 Å². The van der Waals surface area contributed by atoms with Crippen molar-refractivity contribution in [3.05, 3.63) is 0 Å². The molecule has 24 heteroatoms. The van der Waals surface area contributed by atoms with Gasteiger partial charge in [0.15, 0.2) is 0 Å². The summed E-state index contributed by atoms with van der Waals surface area (Å²) in [5.41, 5.74) is 0. The maximum Gasteiger partial charge on any atom is 0.508 e. The SMILES string of the molecule is CO[Si](CCC(F)(F)C(F)(F)C(F)(F)C(F)(F)C(F)(F)C(F)(F)CC([Si](OC)(OC)OC)[Si](OC)(OC)OC)(OC)OC. The van der Waals surface area contributed by atoms with Gasteiger partial charge in [0.05, 0.1) is 0 Å². The lowest BCUT2D eigenvalue weighted by molar-refractivity contribution is -0.425. The van der Waals surface area contributed by atoms with Crippen molar-refractivity contribution in [2.24, 2.45) is 0 Å². The Kier molecular flexibility index (Phi) is 14.3. The molecule has 0 aliphatic carbocycles. The second-order valence-corrected chi connectivity index (χ2v) is 18.6. The van der Waals surface area contributed by atoms with Gasteiger partial charge in [-0.1, -0.05) is 0 Å². The fourth-order valence-corrected chi connectivity index (χ4v) is 13.4. The van der Waals surface area contributed by atoms with E-state index in [-0.39, 0.29) is 0 Å². The van der Waals surface area contributed by atoms with E-state index >= 15 is 8.78 Å². The van der Waals surface area contributed by atoms with Crippen molar-refractivity contribution >= 4 is 26.4 Å². The Hall–Kier alpha value is -0.549. The van der Waals surface area contributed by atoms with Gasteiger partial charge in [-0.15, -0.1) is 0 Å². The van der Waals surface area contributed by atoms with E-state index in [1.165, 1.54) is 0 Å². The number of rotatable bonds is 21. The van der Waals surface area contributed by atoms with Gasteiger partial charge in [-0.3, -0.25) is 0 Å². The summed E-state index contributed by atoms with van der Waals surface area (Å²) in [4.78, 5) is 0. The summed E-state index contributed by atoms with van der Waals surface area (Å²) >= 11 is 0. The monoisotopic (exact) mass is 718 g/mol. The predicted octanol–water partition coefficient (Wildman–Crippen LogP) is 5.12. The van der Waals surface area contributed by atoms with Crippen molar-refractivity contribution in [3.8, 4) is 0 Å². The Bertz CT molecular complexity index is 832. The quantitative estimate of drug-likeness (QED) is 0.119. The standard InChI is InChI=1S/C19H34F12O9Si3/c1-32-41(33-2,34-3)11-10-14(20,21)16(24,25)18(28,29)19(30,31)17(26,27)15(22,23)12-13(42(35-4,36-5)37-6)43(38-7,39-8)40-9/h13H,10-12H2,1-9H3. The molecule has 0 rings (SSSR count). The van der Waals surface area contributed by atoms with E-state index < -0.39 is 86.0 Å². The Labute approximate surface area is 243 Å². The van der Waals surface area contributed by atoms with Crippen molar-refractivity contribution in [2.75, 3.05) is 64.0 Å². The third kappa shape index (κ3) is 7.08. The smallest absolute Gasteiger partial charge is 0.377 e. The second-order valence-electron chi connectivity index (χ2n) is 8.69. The maximum absolute atomic E-state index is 15.2. The summed E-state index contributed by atoms with van der Waals surface area (Å²) in [6, 6.07) is -1.40. The minimum absolute atomic E-state index is 0.752. The van der Waals surface area contributed by atoms with Gasteiger partial charge in [0.2, 0.25) is 0 Å². The van der Waals surface area contributed by atoms with Crippen molar-refractivity contribution < 1.29 is 92.5 Å².